The molecule has 0 spiro atoms. The molecule has 0 unspecified atom stereocenters. The fourth-order valence-electron chi connectivity index (χ4n) is 3.93. The number of aromatic amines is 1. The van der Waals surface area contributed by atoms with Crippen molar-refractivity contribution in [1.29, 1.82) is 0 Å². The van der Waals surface area contributed by atoms with E-state index in [-0.39, 0.29) is 11.5 Å². The second kappa shape index (κ2) is 9.09. The van der Waals surface area contributed by atoms with E-state index in [0.29, 0.717) is 27.9 Å². The van der Waals surface area contributed by atoms with Crippen LogP contribution < -0.4 is 15.1 Å². The van der Waals surface area contributed by atoms with E-state index < -0.39 is 6.17 Å². The van der Waals surface area contributed by atoms with Gasteiger partial charge in [0, 0.05) is 17.8 Å². The van der Waals surface area contributed by atoms with Crippen molar-refractivity contribution in [2.24, 2.45) is 0 Å². The van der Waals surface area contributed by atoms with Crippen LogP contribution >= 0.6 is 11.8 Å². The van der Waals surface area contributed by atoms with Gasteiger partial charge >= 0.3 is 17.4 Å². The van der Waals surface area contributed by atoms with Crippen LogP contribution in [0.25, 0.3) is 11.3 Å². The quantitative estimate of drug-likeness (QED) is 0.339. The number of amides is 1. The molecule has 7 nitrogen and oxygen atoms in total. The van der Waals surface area contributed by atoms with Crippen LogP contribution in [0.3, 0.4) is 0 Å². The van der Waals surface area contributed by atoms with E-state index in [4.69, 9.17) is 9.52 Å². The summed E-state index contributed by atoms with van der Waals surface area (Å²) >= 11 is 1.53. The molecule has 1 aromatic carbocycles. The van der Waals surface area contributed by atoms with Gasteiger partial charge in [0.1, 0.15) is 5.76 Å². The molecule has 0 saturated heterocycles. The summed E-state index contributed by atoms with van der Waals surface area (Å²) < 4.78 is 7.54. The number of unbranched alkanes of at least 4 members (excludes halogenated alkanes) is 3. The Hall–Kier alpha value is -2.87. The minimum atomic E-state index is -0.669. The topological polar surface area (TPSA) is 83.1 Å². The molecule has 0 bridgehead atoms. The Morgan fingerprint density at radius 3 is 2.74 bits per heavy atom. The lowest BCUT2D eigenvalue weighted by Crippen LogP contribution is -2.60. The predicted octanol–water partition coefficient (Wildman–Crippen LogP) is 4.21. The number of nitrogens with one attached hydrogen (secondary N) is 1. The van der Waals surface area contributed by atoms with E-state index in [1.807, 2.05) is 43.3 Å². The number of fused-ring (bicyclic) bond motifs is 3. The van der Waals surface area contributed by atoms with E-state index in [1.165, 1.54) is 31.5 Å². The number of anilines is 1. The fraction of sp³-hybridized carbons (Fsp3) is 0.391. The lowest BCUT2D eigenvalue weighted by atomic mass is 10.0. The number of carbonyl (C=O) groups excluding carboxylic acids is 1. The lowest BCUT2D eigenvalue weighted by molar-refractivity contribution is -0.764. The van der Waals surface area contributed by atoms with Crippen molar-refractivity contribution in [3.63, 3.8) is 0 Å². The Bertz CT molecular complexity index is 1150. The third-order valence-corrected chi connectivity index (χ3v) is 6.30. The SMILES string of the molecule is CCCCCCSc1n[n+]2c(c(=O)[nH]1)-c1ccccc1N(C(C)=O)[C@H]2c1ccc(C)o1. The minimum absolute atomic E-state index is 0.152. The standard InChI is InChI=1S/C23H26N4O3S/c1-4-5-6-9-14-31-23-24-21(29)20-17-10-7-8-11-18(17)26(16(3)28)22(27(20)25-23)19-13-12-15(2)30-19/h7-8,10-13,22H,4-6,9,14H2,1-3H3/p+1/t22-/m1/s1. The summed E-state index contributed by atoms with van der Waals surface area (Å²) in [5, 5.41) is 5.30. The van der Waals surface area contributed by atoms with E-state index in [0.717, 1.165) is 24.4 Å². The maximum Gasteiger partial charge on any atom is 0.325 e. The Balaban J connectivity index is 1.83. The van der Waals surface area contributed by atoms with Crippen LogP contribution in [0.2, 0.25) is 0 Å². The predicted molar refractivity (Wildman–Crippen MR) is 120 cm³/mol. The van der Waals surface area contributed by atoms with Crippen molar-refractivity contribution in [3.05, 3.63) is 58.3 Å². The Morgan fingerprint density at radius 1 is 1.23 bits per heavy atom. The van der Waals surface area contributed by atoms with Crippen LogP contribution in [0, 0.1) is 6.92 Å². The molecule has 3 heterocycles. The van der Waals surface area contributed by atoms with Gasteiger partial charge in [0.15, 0.2) is 5.76 Å². The van der Waals surface area contributed by atoms with Gasteiger partial charge in [-0.3, -0.25) is 14.6 Å². The molecular formula is C23H27N4O3S+. The first-order chi connectivity index (χ1) is 15.0. The largest absolute Gasteiger partial charge is 0.457 e. The van der Waals surface area contributed by atoms with Crippen molar-refractivity contribution in [2.45, 2.75) is 57.8 Å². The number of para-hydroxylation sites is 1. The number of thioether (sulfide) groups is 1. The number of hydrogen-bond donors (Lipinski definition) is 1. The van der Waals surface area contributed by atoms with Crippen molar-refractivity contribution in [3.8, 4) is 11.3 Å². The molecule has 0 saturated carbocycles. The lowest BCUT2D eigenvalue weighted by Gasteiger charge is -2.30. The second-order valence-electron chi connectivity index (χ2n) is 7.69. The van der Waals surface area contributed by atoms with E-state index in [9.17, 15) is 9.59 Å². The molecule has 0 aliphatic carbocycles. The molecule has 3 aromatic rings. The second-order valence-corrected chi connectivity index (χ2v) is 8.77. The molecule has 0 fully saturated rings. The number of hydrogen-bond acceptors (Lipinski definition) is 5. The van der Waals surface area contributed by atoms with Gasteiger partial charge in [-0.2, -0.15) is 0 Å². The molecule has 1 atom stereocenters. The average molecular weight is 440 g/mol. The minimum Gasteiger partial charge on any atom is -0.457 e. The zero-order valence-electron chi connectivity index (χ0n) is 18.1. The molecule has 1 aliphatic rings. The Kier molecular flexibility index (Phi) is 6.27. The van der Waals surface area contributed by atoms with E-state index in [2.05, 4.69) is 11.9 Å². The number of rotatable bonds is 7. The van der Waals surface area contributed by atoms with Crippen LogP contribution in [0.1, 0.15) is 57.2 Å². The summed E-state index contributed by atoms with van der Waals surface area (Å²) in [6.07, 6.45) is 3.93. The molecule has 2 aromatic heterocycles. The first-order valence-electron chi connectivity index (χ1n) is 10.7. The summed E-state index contributed by atoms with van der Waals surface area (Å²) in [5.41, 5.74) is 1.53. The zero-order chi connectivity index (χ0) is 22.0. The number of aryl methyl sites for hydroxylation is 1. The van der Waals surface area contributed by atoms with Crippen LogP contribution in [0.15, 0.2) is 50.8 Å². The number of nitrogens with zero attached hydrogens (tertiary/aromatic N) is 3. The highest BCUT2D eigenvalue weighted by molar-refractivity contribution is 7.99. The first kappa shape index (κ1) is 21.4. The maximum atomic E-state index is 13.2. The van der Waals surface area contributed by atoms with Gasteiger partial charge in [-0.1, -0.05) is 50.1 Å². The van der Waals surface area contributed by atoms with Gasteiger partial charge in [-0.15, -0.1) is 0 Å². The monoisotopic (exact) mass is 439 g/mol. The molecule has 8 heteroatoms. The summed E-state index contributed by atoms with van der Waals surface area (Å²) in [6.45, 7) is 5.55. The zero-order valence-corrected chi connectivity index (χ0v) is 18.9. The van der Waals surface area contributed by atoms with E-state index >= 15 is 0 Å². The summed E-state index contributed by atoms with van der Waals surface area (Å²) in [6, 6.07) is 11.1. The normalized spacial score (nSPS) is 14.9. The van der Waals surface area contributed by atoms with E-state index in [1.54, 1.807) is 9.58 Å². The highest BCUT2D eigenvalue weighted by Crippen LogP contribution is 2.37. The molecule has 4 rings (SSSR count). The van der Waals surface area contributed by atoms with Crippen molar-refractivity contribution in [1.82, 2.24) is 10.1 Å². The first-order valence-corrected chi connectivity index (χ1v) is 11.6. The van der Waals surface area contributed by atoms with Crippen LogP contribution in [0.4, 0.5) is 5.69 Å². The number of furan rings is 1. The maximum absolute atomic E-state index is 13.2. The van der Waals surface area contributed by atoms with Crippen molar-refractivity contribution < 1.29 is 13.9 Å². The molecule has 162 valence electrons. The third-order valence-electron chi connectivity index (χ3n) is 5.35. The van der Waals surface area contributed by atoms with Crippen LogP contribution in [-0.2, 0) is 4.79 Å². The van der Waals surface area contributed by atoms with Crippen molar-refractivity contribution >= 4 is 23.4 Å². The molecular weight excluding hydrogens is 412 g/mol. The number of aromatic nitrogens is 3. The molecule has 1 N–H and O–H groups in total. The summed E-state index contributed by atoms with van der Waals surface area (Å²) in [4.78, 5) is 30.5. The average Bonchev–Trinajstić information content (AvgIpc) is 3.18. The Morgan fingerprint density at radius 2 is 2.03 bits per heavy atom. The number of carbonyl (C=O) groups is 1. The molecule has 31 heavy (non-hydrogen) atoms. The van der Waals surface area contributed by atoms with Gasteiger partial charge in [0.25, 0.3) is 0 Å². The van der Waals surface area contributed by atoms with Crippen LogP contribution in [0.5, 0.6) is 0 Å². The van der Waals surface area contributed by atoms with Gasteiger partial charge in [0.05, 0.1) is 11.3 Å². The highest BCUT2D eigenvalue weighted by atomic mass is 32.2. The van der Waals surface area contributed by atoms with Gasteiger partial charge < -0.3 is 4.42 Å². The number of H-pyrrole nitrogens is 1. The van der Waals surface area contributed by atoms with Gasteiger partial charge in [0.2, 0.25) is 11.1 Å². The molecule has 1 aliphatic heterocycles. The smallest absolute Gasteiger partial charge is 0.325 e. The summed E-state index contributed by atoms with van der Waals surface area (Å²) in [7, 11) is 0. The summed E-state index contributed by atoms with van der Waals surface area (Å²) in [5.74, 6) is 2.01. The fourth-order valence-corrected chi connectivity index (χ4v) is 4.78. The number of benzene rings is 1. The van der Waals surface area contributed by atoms with Gasteiger partial charge in [-0.05, 0) is 42.3 Å². The van der Waals surface area contributed by atoms with Crippen molar-refractivity contribution in [2.75, 3.05) is 10.7 Å². The van der Waals surface area contributed by atoms with Crippen LogP contribution in [-0.4, -0.2) is 21.7 Å². The molecule has 0 radical (unpaired) electrons. The third kappa shape index (κ3) is 4.17. The highest BCUT2D eigenvalue weighted by Gasteiger charge is 2.46. The Labute approximate surface area is 185 Å². The van der Waals surface area contributed by atoms with Gasteiger partial charge in [-0.25, -0.2) is 4.90 Å². The molecule has 1 amide bonds.